The van der Waals surface area contributed by atoms with Crippen molar-refractivity contribution in [1.29, 1.82) is 0 Å². The summed E-state index contributed by atoms with van der Waals surface area (Å²) in [4.78, 5) is 17.0. The average Bonchev–Trinajstić information content (AvgIpc) is 2.82. The lowest BCUT2D eigenvalue weighted by atomic mass is 10.1. The van der Waals surface area contributed by atoms with E-state index in [4.69, 9.17) is 4.74 Å². The Morgan fingerprint density at radius 3 is 2.95 bits per heavy atom. The number of benzene rings is 1. The maximum Gasteiger partial charge on any atom is 0.227 e. The van der Waals surface area contributed by atoms with Crippen molar-refractivity contribution in [3.05, 3.63) is 35.8 Å². The van der Waals surface area contributed by atoms with E-state index in [0.29, 0.717) is 32.7 Å². The molecule has 1 aromatic heterocycles. The number of amides is 1. The van der Waals surface area contributed by atoms with E-state index in [2.05, 4.69) is 4.98 Å². The molecule has 5 heteroatoms. The minimum absolute atomic E-state index is 0.0912. The van der Waals surface area contributed by atoms with Gasteiger partial charge in [-0.25, -0.2) is 4.39 Å². The van der Waals surface area contributed by atoms with Gasteiger partial charge in [0.25, 0.3) is 0 Å². The highest BCUT2D eigenvalue weighted by molar-refractivity contribution is 5.89. The summed E-state index contributed by atoms with van der Waals surface area (Å²) in [5.74, 6) is -0.186. The Morgan fingerprint density at radius 2 is 2.16 bits per heavy atom. The molecule has 1 N–H and O–H groups in total. The van der Waals surface area contributed by atoms with Crippen LogP contribution in [0.5, 0.6) is 0 Å². The molecular formula is C14H15FN2O2. The predicted octanol–water partition coefficient (Wildman–Crippen LogP) is 1.71. The summed E-state index contributed by atoms with van der Waals surface area (Å²) in [7, 11) is 0. The normalized spacial score (nSPS) is 15.9. The number of nitrogens with zero attached hydrogens (tertiary/aromatic N) is 1. The number of nitrogens with one attached hydrogen (secondary N) is 1. The summed E-state index contributed by atoms with van der Waals surface area (Å²) in [6.45, 7) is 2.50. The lowest BCUT2D eigenvalue weighted by Gasteiger charge is -2.26. The van der Waals surface area contributed by atoms with Crippen molar-refractivity contribution in [1.82, 2.24) is 9.88 Å². The van der Waals surface area contributed by atoms with Crippen LogP contribution in [-0.2, 0) is 16.0 Å². The van der Waals surface area contributed by atoms with Gasteiger partial charge < -0.3 is 14.6 Å². The lowest BCUT2D eigenvalue weighted by Crippen LogP contribution is -2.41. The van der Waals surface area contributed by atoms with Crippen LogP contribution < -0.4 is 0 Å². The van der Waals surface area contributed by atoms with Crippen LogP contribution in [0.2, 0.25) is 0 Å². The number of aromatic amines is 1. The van der Waals surface area contributed by atoms with Gasteiger partial charge in [-0.05, 0) is 23.8 Å². The van der Waals surface area contributed by atoms with Gasteiger partial charge in [0, 0.05) is 30.2 Å². The van der Waals surface area contributed by atoms with E-state index in [1.807, 2.05) is 4.90 Å². The summed E-state index contributed by atoms with van der Waals surface area (Å²) in [6.07, 6.45) is 2.12. The number of ether oxygens (including phenoxy) is 1. The fourth-order valence-electron chi connectivity index (χ4n) is 2.39. The van der Waals surface area contributed by atoms with Crippen LogP contribution in [0.15, 0.2) is 24.4 Å². The van der Waals surface area contributed by atoms with Crippen LogP contribution in [0.25, 0.3) is 10.9 Å². The molecule has 1 aliphatic rings. The molecule has 2 aromatic rings. The second-order valence-corrected chi connectivity index (χ2v) is 4.67. The zero-order valence-electron chi connectivity index (χ0n) is 10.5. The topological polar surface area (TPSA) is 45.3 Å². The monoisotopic (exact) mass is 262 g/mol. The first-order valence-electron chi connectivity index (χ1n) is 6.35. The fraction of sp³-hybridized carbons (Fsp3) is 0.357. The largest absolute Gasteiger partial charge is 0.378 e. The smallest absolute Gasteiger partial charge is 0.227 e. The molecule has 2 heterocycles. The highest BCUT2D eigenvalue weighted by atomic mass is 19.1. The summed E-state index contributed by atoms with van der Waals surface area (Å²) >= 11 is 0. The molecule has 0 unspecified atom stereocenters. The van der Waals surface area contributed by atoms with Crippen LogP contribution >= 0.6 is 0 Å². The predicted molar refractivity (Wildman–Crippen MR) is 69.4 cm³/mol. The number of rotatable bonds is 2. The van der Waals surface area contributed by atoms with E-state index >= 15 is 0 Å². The van der Waals surface area contributed by atoms with Crippen LogP contribution in [0.4, 0.5) is 4.39 Å². The van der Waals surface area contributed by atoms with Gasteiger partial charge in [-0.2, -0.15) is 0 Å². The number of carbonyl (C=O) groups is 1. The Kier molecular flexibility index (Phi) is 3.21. The van der Waals surface area contributed by atoms with Crippen molar-refractivity contribution >= 4 is 16.8 Å². The van der Waals surface area contributed by atoms with Gasteiger partial charge in [0.05, 0.1) is 19.6 Å². The third-order valence-electron chi connectivity index (χ3n) is 3.43. The molecule has 0 spiro atoms. The molecule has 0 radical (unpaired) electrons. The Morgan fingerprint density at radius 1 is 1.37 bits per heavy atom. The summed E-state index contributed by atoms with van der Waals surface area (Å²) in [5.41, 5.74) is 1.64. The molecule has 0 aliphatic carbocycles. The highest BCUT2D eigenvalue weighted by Gasteiger charge is 2.18. The second kappa shape index (κ2) is 5.01. The van der Waals surface area contributed by atoms with Gasteiger partial charge in [-0.3, -0.25) is 4.79 Å². The average molecular weight is 262 g/mol. The number of morpholine rings is 1. The molecule has 1 saturated heterocycles. The first kappa shape index (κ1) is 12.2. The zero-order chi connectivity index (χ0) is 13.2. The van der Waals surface area contributed by atoms with Crippen LogP contribution in [-0.4, -0.2) is 42.1 Å². The SMILES string of the molecule is O=C(Cc1c[nH]c2cc(F)ccc12)N1CCOCC1. The van der Waals surface area contributed by atoms with Crippen molar-refractivity contribution in [2.24, 2.45) is 0 Å². The van der Waals surface area contributed by atoms with E-state index < -0.39 is 0 Å². The number of carbonyl (C=O) groups excluding carboxylic acids is 1. The standard InChI is InChI=1S/C14H15FN2O2/c15-11-1-2-12-10(9-16-13(12)8-11)7-14(18)17-3-5-19-6-4-17/h1-2,8-9,16H,3-7H2. The van der Waals surface area contributed by atoms with Crippen molar-refractivity contribution in [3.63, 3.8) is 0 Å². The number of H-pyrrole nitrogens is 1. The summed E-state index contributed by atoms with van der Waals surface area (Å²) in [5, 5.41) is 0.906. The van der Waals surface area contributed by atoms with Gasteiger partial charge in [-0.1, -0.05) is 0 Å². The quantitative estimate of drug-likeness (QED) is 0.895. The molecule has 1 fully saturated rings. The lowest BCUT2D eigenvalue weighted by molar-refractivity contribution is -0.134. The van der Waals surface area contributed by atoms with Crippen LogP contribution in [0, 0.1) is 5.82 Å². The van der Waals surface area contributed by atoms with Crippen LogP contribution in [0.3, 0.4) is 0 Å². The maximum atomic E-state index is 13.1. The maximum absolute atomic E-state index is 13.1. The molecule has 0 bridgehead atoms. The van der Waals surface area contributed by atoms with E-state index in [1.54, 1.807) is 12.3 Å². The van der Waals surface area contributed by atoms with Crippen molar-refractivity contribution in [2.45, 2.75) is 6.42 Å². The highest BCUT2D eigenvalue weighted by Crippen LogP contribution is 2.20. The van der Waals surface area contributed by atoms with E-state index in [-0.39, 0.29) is 11.7 Å². The van der Waals surface area contributed by atoms with E-state index in [0.717, 1.165) is 16.5 Å². The number of halogens is 1. The first-order valence-corrected chi connectivity index (χ1v) is 6.35. The van der Waals surface area contributed by atoms with Gasteiger partial charge in [0.2, 0.25) is 5.91 Å². The Labute approximate surface area is 110 Å². The minimum Gasteiger partial charge on any atom is -0.378 e. The van der Waals surface area contributed by atoms with Gasteiger partial charge in [0.1, 0.15) is 5.82 Å². The second-order valence-electron chi connectivity index (χ2n) is 4.67. The Hall–Kier alpha value is -1.88. The van der Waals surface area contributed by atoms with Crippen LogP contribution in [0.1, 0.15) is 5.56 Å². The van der Waals surface area contributed by atoms with Crippen molar-refractivity contribution < 1.29 is 13.9 Å². The minimum atomic E-state index is -0.277. The number of hydrogen-bond donors (Lipinski definition) is 1. The summed E-state index contributed by atoms with van der Waals surface area (Å²) < 4.78 is 18.3. The van der Waals surface area contributed by atoms with Gasteiger partial charge in [0.15, 0.2) is 0 Å². The molecule has 19 heavy (non-hydrogen) atoms. The van der Waals surface area contributed by atoms with Gasteiger partial charge in [-0.15, -0.1) is 0 Å². The molecular weight excluding hydrogens is 247 g/mol. The molecule has 0 saturated carbocycles. The molecule has 0 atom stereocenters. The van der Waals surface area contributed by atoms with Gasteiger partial charge >= 0.3 is 0 Å². The van der Waals surface area contributed by atoms with E-state index in [1.165, 1.54) is 12.1 Å². The Bertz CT molecular complexity index is 603. The third kappa shape index (κ3) is 2.46. The number of aromatic nitrogens is 1. The number of hydrogen-bond acceptors (Lipinski definition) is 2. The Balaban J connectivity index is 1.79. The molecule has 100 valence electrons. The zero-order valence-corrected chi connectivity index (χ0v) is 10.5. The molecule has 1 aromatic carbocycles. The first-order chi connectivity index (χ1) is 9.24. The molecule has 4 nitrogen and oxygen atoms in total. The molecule has 1 amide bonds. The van der Waals surface area contributed by atoms with Crippen molar-refractivity contribution in [2.75, 3.05) is 26.3 Å². The van der Waals surface area contributed by atoms with E-state index in [9.17, 15) is 9.18 Å². The van der Waals surface area contributed by atoms with Crippen molar-refractivity contribution in [3.8, 4) is 0 Å². The third-order valence-corrected chi connectivity index (χ3v) is 3.43. The fourth-order valence-corrected chi connectivity index (χ4v) is 2.39. The number of fused-ring (bicyclic) bond motifs is 1. The molecule has 1 aliphatic heterocycles. The summed E-state index contributed by atoms with van der Waals surface area (Å²) in [6, 6.07) is 4.57. The molecule has 3 rings (SSSR count).